The molecule has 0 saturated carbocycles. The fraction of sp³-hybridized carbons (Fsp3) is 0.706. The molecule has 1 aromatic rings. The van der Waals surface area contributed by atoms with Gasteiger partial charge in [-0.2, -0.15) is 13.2 Å². The molecule has 1 saturated heterocycles. The minimum Gasteiger partial charge on any atom is -0.357 e. The van der Waals surface area contributed by atoms with Crippen molar-refractivity contribution >= 4 is 41.3 Å². The maximum absolute atomic E-state index is 12.4. The van der Waals surface area contributed by atoms with Crippen molar-refractivity contribution in [1.82, 2.24) is 20.0 Å². The number of nitrogens with zero attached hydrogens (tertiary/aromatic N) is 4. The van der Waals surface area contributed by atoms with Gasteiger partial charge in [-0.1, -0.05) is 6.07 Å². The van der Waals surface area contributed by atoms with Crippen molar-refractivity contribution in [3.63, 3.8) is 0 Å². The highest BCUT2D eigenvalue weighted by Crippen LogP contribution is 2.15. The van der Waals surface area contributed by atoms with Crippen LogP contribution in [-0.4, -0.2) is 86.2 Å². The molecule has 10 heteroatoms. The third kappa shape index (κ3) is 9.44. The van der Waals surface area contributed by atoms with E-state index < -0.39 is 12.7 Å². The number of hydrogen-bond acceptors (Lipinski definition) is 4. The molecule has 1 aliphatic rings. The zero-order valence-corrected chi connectivity index (χ0v) is 19.0. The molecule has 0 unspecified atom stereocenters. The Kier molecular flexibility index (Phi) is 10.9. The van der Waals surface area contributed by atoms with Gasteiger partial charge in [0.25, 0.3) is 0 Å². The maximum Gasteiger partial charge on any atom is 0.401 e. The second-order valence-electron chi connectivity index (χ2n) is 6.43. The van der Waals surface area contributed by atoms with Gasteiger partial charge in [0.1, 0.15) is 0 Å². The van der Waals surface area contributed by atoms with Crippen LogP contribution in [0.1, 0.15) is 11.8 Å². The fourth-order valence-electron chi connectivity index (χ4n) is 2.88. The average Bonchev–Trinajstić information content (AvgIpc) is 3.06. The van der Waals surface area contributed by atoms with Gasteiger partial charge in [-0.3, -0.25) is 14.8 Å². The van der Waals surface area contributed by atoms with Gasteiger partial charge in [0.2, 0.25) is 0 Å². The van der Waals surface area contributed by atoms with Gasteiger partial charge in [0, 0.05) is 50.7 Å². The van der Waals surface area contributed by atoms with E-state index in [1.807, 2.05) is 6.92 Å². The summed E-state index contributed by atoms with van der Waals surface area (Å²) in [5.74, 6) is 0.795. The van der Waals surface area contributed by atoms with Crippen molar-refractivity contribution in [1.29, 1.82) is 0 Å². The van der Waals surface area contributed by atoms with Crippen LogP contribution in [-0.2, 0) is 6.54 Å². The molecule has 2 heterocycles. The molecule has 2 rings (SSSR count). The summed E-state index contributed by atoms with van der Waals surface area (Å²) in [4.78, 5) is 11.7. The van der Waals surface area contributed by atoms with E-state index in [0.29, 0.717) is 6.54 Å². The van der Waals surface area contributed by atoms with E-state index in [9.17, 15) is 13.2 Å². The quantitative estimate of drug-likeness (QED) is 0.342. The number of piperazine rings is 1. The van der Waals surface area contributed by atoms with Crippen molar-refractivity contribution in [2.24, 2.45) is 4.99 Å². The number of alkyl halides is 3. The van der Waals surface area contributed by atoms with E-state index in [1.165, 1.54) is 16.8 Å². The topological polar surface area (TPSA) is 34.1 Å². The number of nitrogens with one attached hydrogen (secondary N) is 1. The molecular formula is C17H29F3IN5S. The number of halogens is 4. The summed E-state index contributed by atoms with van der Waals surface area (Å²) in [7, 11) is 1.47. The molecule has 156 valence electrons. The van der Waals surface area contributed by atoms with E-state index in [0.717, 1.165) is 45.2 Å². The minimum absolute atomic E-state index is 0. The smallest absolute Gasteiger partial charge is 0.357 e. The normalized spacial score (nSPS) is 16.5. The first kappa shape index (κ1) is 24.4. The first-order valence-electron chi connectivity index (χ1n) is 8.90. The Hall–Kier alpha value is -0.590. The summed E-state index contributed by atoms with van der Waals surface area (Å²) in [5.41, 5.74) is 0. The molecule has 0 amide bonds. The van der Waals surface area contributed by atoms with Crippen LogP contribution >= 0.6 is 35.3 Å². The number of aliphatic imine (C=N–C) groups is 1. The van der Waals surface area contributed by atoms with Crippen LogP contribution in [0.3, 0.4) is 0 Å². The highest BCUT2D eigenvalue weighted by atomic mass is 127. The minimum atomic E-state index is -4.16. The average molecular weight is 519 g/mol. The van der Waals surface area contributed by atoms with Crippen molar-refractivity contribution in [3.8, 4) is 0 Å². The molecule has 1 N–H and O–H groups in total. The third-order valence-electron chi connectivity index (χ3n) is 4.16. The van der Waals surface area contributed by atoms with E-state index in [2.05, 4.69) is 37.6 Å². The maximum atomic E-state index is 12.4. The zero-order chi connectivity index (χ0) is 19.0. The molecule has 0 aliphatic carbocycles. The van der Waals surface area contributed by atoms with Gasteiger partial charge in [-0.25, -0.2) is 0 Å². The van der Waals surface area contributed by atoms with Crippen LogP contribution in [0.2, 0.25) is 0 Å². The molecular weight excluding hydrogens is 490 g/mol. The van der Waals surface area contributed by atoms with E-state index in [-0.39, 0.29) is 30.5 Å². The molecule has 1 aromatic heterocycles. The summed E-state index contributed by atoms with van der Waals surface area (Å²) < 4.78 is 37.1. The molecule has 0 radical (unpaired) electrons. The van der Waals surface area contributed by atoms with Crippen molar-refractivity contribution < 1.29 is 13.2 Å². The number of likely N-dealkylation sites (N-methyl/N-ethyl adjacent to an activating group) is 1. The lowest BCUT2D eigenvalue weighted by molar-refractivity contribution is -0.142. The Morgan fingerprint density at radius 3 is 2.56 bits per heavy atom. The van der Waals surface area contributed by atoms with Crippen LogP contribution < -0.4 is 5.32 Å². The number of hydrogen-bond donors (Lipinski definition) is 1. The standard InChI is InChI=1S/C17H28F3N5S.HI/c1-3-21-16(22-6-7-23(2)14-17(18,19)20)25-10-8-24(9-11-25)13-15-5-4-12-26-15;/h4-5,12H,3,6-11,13-14H2,1-2H3,(H,21,22);1H. The lowest BCUT2D eigenvalue weighted by Gasteiger charge is -2.36. The monoisotopic (exact) mass is 519 g/mol. The second kappa shape index (κ2) is 12.1. The van der Waals surface area contributed by atoms with Gasteiger partial charge in [-0.05, 0) is 25.4 Å². The highest BCUT2D eigenvalue weighted by molar-refractivity contribution is 14.0. The summed E-state index contributed by atoms with van der Waals surface area (Å²) in [6.45, 7) is 7.10. The number of thiophene rings is 1. The van der Waals surface area contributed by atoms with Crippen LogP contribution in [0.25, 0.3) is 0 Å². The molecule has 0 spiro atoms. The largest absolute Gasteiger partial charge is 0.401 e. The number of rotatable bonds is 7. The SMILES string of the molecule is CCNC(=NCCN(C)CC(F)(F)F)N1CCN(Cc2cccs2)CC1.I. The zero-order valence-electron chi connectivity index (χ0n) is 15.8. The molecule has 0 atom stereocenters. The predicted octanol–water partition coefficient (Wildman–Crippen LogP) is 2.94. The predicted molar refractivity (Wildman–Crippen MR) is 116 cm³/mol. The molecule has 1 fully saturated rings. The summed E-state index contributed by atoms with van der Waals surface area (Å²) >= 11 is 1.77. The van der Waals surface area contributed by atoms with Crippen LogP contribution in [0.4, 0.5) is 13.2 Å². The molecule has 27 heavy (non-hydrogen) atoms. The Morgan fingerprint density at radius 2 is 2.00 bits per heavy atom. The Labute approximate surface area is 180 Å². The van der Waals surface area contributed by atoms with Crippen molar-refractivity contribution in [2.45, 2.75) is 19.6 Å². The van der Waals surface area contributed by atoms with Crippen LogP contribution in [0.15, 0.2) is 22.5 Å². The van der Waals surface area contributed by atoms with Gasteiger partial charge in [0.05, 0.1) is 13.1 Å². The summed E-state index contributed by atoms with van der Waals surface area (Å²) in [5, 5.41) is 5.35. The first-order valence-corrected chi connectivity index (χ1v) is 9.78. The van der Waals surface area contributed by atoms with Gasteiger partial charge in [0.15, 0.2) is 5.96 Å². The van der Waals surface area contributed by atoms with Gasteiger partial charge < -0.3 is 10.2 Å². The molecule has 0 aromatic carbocycles. The van der Waals surface area contributed by atoms with Crippen LogP contribution in [0, 0.1) is 0 Å². The van der Waals surface area contributed by atoms with Crippen molar-refractivity contribution in [2.75, 3.05) is 59.4 Å². The van der Waals surface area contributed by atoms with Crippen LogP contribution in [0.5, 0.6) is 0 Å². The first-order chi connectivity index (χ1) is 12.4. The lowest BCUT2D eigenvalue weighted by Crippen LogP contribution is -2.52. The second-order valence-corrected chi connectivity index (χ2v) is 7.46. The Balaban J connectivity index is 0.00000364. The van der Waals surface area contributed by atoms with E-state index >= 15 is 0 Å². The fourth-order valence-corrected chi connectivity index (χ4v) is 3.62. The lowest BCUT2D eigenvalue weighted by atomic mass is 10.3. The van der Waals surface area contributed by atoms with Gasteiger partial charge in [-0.15, -0.1) is 35.3 Å². The molecule has 1 aliphatic heterocycles. The Bertz CT molecular complexity index is 545. The third-order valence-corrected chi connectivity index (χ3v) is 5.02. The van der Waals surface area contributed by atoms with Crippen molar-refractivity contribution in [3.05, 3.63) is 22.4 Å². The Morgan fingerprint density at radius 1 is 1.30 bits per heavy atom. The number of guanidine groups is 1. The molecule has 0 bridgehead atoms. The highest BCUT2D eigenvalue weighted by Gasteiger charge is 2.28. The van der Waals surface area contributed by atoms with Gasteiger partial charge >= 0.3 is 6.18 Å². The van der Waals surface area contributed by atoms with E-state index in [1.54, 1.807) is 11.3 Å². The summed E-state index contributed by atoms with van der Waals surface area (Å²) in [6.07, 6.45) is -4.16. The van der Waals surface area contributed by atoms with E-state index in [4.69, 9.17) is 0 Å². The molecule has 5 nitrogen and oxygen atoms in total. The summed E-state index contributed by atoms with van der Waals surface area (Å²) in [6, 6.07) is 4.22.